The molecule has 1 saturated heterocycles. The molecule has 108 valence electrons. The first-order valence-electron chi connectivity index (χ1n) is 7.19. The Morgan fingerprint density at radius 3 is 2.79 bits per heavy atom. The molecule has 0 aliphatic carbocycles. The fourth-order valence-electron chi connectivity index (χ4n) is 2.82. The topological polar surface area (TPSA) is 53.1 Å². The van der Waals surface area contributed by atoms with E-state index in [1.165, 1.54) is 0 Å². The third kappa shape index (κ3) is 2.96. The monoisotopic (exact) mass is 285 g/mol. The second-order valence-electron chi connectivity index (χ2n) is 5.35. The van der Waals surface area contributed by atoms with Crippen molar-refractivity contribution >= 4 is 11.6 Å². The number of halogens is 1. The van der Waals surface area contributed by atoms with Gasteiger partial charge < -0.3 is 10.5 Å². The molecule has 1 aromatic rings. The Bertz CT molecular complexity index is 433. The highest BCUT2D eigenvalue weighted by molar-refractivity contribution is 6.31. The Morgan fingerprint density at radius 1 is 1.53 bits per heavy atom. The van der Waals surface area contributed by atoms with Crippen LogP contribution in [0.15, 0.2) is 0 Å². The van der Waals surface area contributed by atoms with Crippen molar-refractivity contribution in [3.8, 4) is 0 Å². The van der Waals surface area contributed by atoms with Gasteiger partial charge in [-0.15, -0.1) is 0 Å². The summed E-state index contributed by atoms with van der Waals surface area (Å²) in [5, 5.41) is 5.32. The molecule has 0 spiro atoms. The normalized spacial score (nSPS) is 24.9. The Hall–Kier alpha value is -0.580. The molecule has 5 heteroatoms. The molecule has 0 aromatic carbocycles. The van der Waals surface area contributed by atoms with Crippen molar-refractivity contribution in [1.29, 1.82) is 0 Å². The van der Waals surface area contributed by atoms with Gasteiger partial charge in [-0.2, -0.15) is 5.10 Å². The predicted octanol–water partition coefficient (Wildman–Crippen LogP) is 2.41. The first-order valence-corrected chi connectivity index (χ1v) is 7.57. The summed E-state index contributed by atoms with van der Waals surface area (Å²) in [5.41, 5.74) is 8.34. The van der Waals surface area contributed by atoms with E-state index in [4.69, 9.17) is 22.1 Å². The van der Waals surface area contributed by atoms with E-state index >= 15 is 0 Å². The quantitative estimate of drug-likeness (QED) is 0.904. The Balaban J connectivity index is 2.15. The number of hydrogen-bond donors (Lipinski definition) is 1. The lowest BCUT2D eigenvalue weighted by Gasteiger charge is -2.22. The van der Waals surface area contributed by atoms with E-state index in [2.05, 4.69) is 25.9 Å². The van der Waals surface area contributed by atoms with Gasteiger partial charge in [0, 0.05) is 25.6 Å². The summed E-state index contributed by atoms with van der Waals surface area (Å²) < 4.78 is 7.72. The lowest BCUT2D eigenvalue weighted by Crippen LogP contribution is -2.40. The molecule has 0 bridgehead atoms. The molecule has 3 atom stereocenters. The molecule has 4 nitrogen and oxygen atoms in total. The van der Waals surface area contributed by atoms with E-state index < -0.39 is 0 Å². The first kappa shape index (κ1) is 14.8. The molecule has 1 fully saturated rings. The molecule has 2 heterocycles. The summed E-state index contributed by atoms with van der Waals surface area (Å²) in [6.07, 6.45) is 2.82. The standard InChI is InChI=1S/C14H24ClN3O/c1-4-11-13(15)12(18(5-2)17-11)8-10(16)14-9(3)6-7-19-14/h9-10,14H,4-8,16H2,1-3H3. The number of nitrogens with zero attached hydrogens (tertiary/aromatic N) is 2. The summed E-state index contributed by atoms with van der Waals surface area (Å²) in [5.74, 6) is 0.525. The zero-order valence-corrected chi connectivity index (χ0v) is 12.8. The highest BCUT2D eigenvalue weighted by Gasteiger charge is 2.31. The van der Waals surface area contributed by atoms with Crippen molar-refractivity contribution < 1.29 is 4.74 Å². The van der Waals surface area contributed by atoms with Gasteiger partial charge in [0.15, 0.2) is 0 Å². The second kappa shape index (κ2) is 6.25. The van der Waals surface area contributed by atoms with Gasteiger partial charge in [-0.3, -0.25) is 4.68 Å². The predicted molar refractivity (Wildman–Crippen MR) is 77.5 cm³/mol. The molecule has 1 aliphatic heterocycles. The van der Waals surface area contributed by atoms with Gasteiger partial charge in [0.05, 0.1) is 22.5 Å². The smallest absolute Gasteiger partial charge is 0.0850 e. The Kier molecular flexibility index (Phi) is 4.87. The van der Waals surface area contributed by atoms with E-state index in [1.807, 2.05) is 4.68 Å². The van der Waals surface area contributed by atoms with Gasteiger partial charge in [0.1, 0.15) is 0 Å². The zero-order valence-electron chi connectivity index (χ0n) is 12.0. The molecular formula is C14H24ClN3O. The summed E-state index contributed by atoms with van der Waals surface area (Å²) >= 11 is 6.42. The minimum atomic E-state index is -0.0123. The first-order chi connectivity index (χ1) is 9.08. The van der Waals surface area contributed by atoms with Crippen LogP contribution in [-0.4, -0.2) is 28.5 Å². The number of ether oxygens (including phenoxy) is 1. The number of aryl methyl sites for hydroxylation is 2. The number of rotatable bonds is 5. The van der Waals surface area contributed by atoms with Gasteiger partial charge in [-0.25, -0.2) is 0 Å². The average Bonchev–Trinajstić information content (AvgIpc) is 2.95. The highest BCUT2D eigenvalue weighted by atomic mass is 35.5. The van der Waals surface area contributed by atoms with E-state index in [0.29, 0.717) is 5.92 Å². The van der Waals surface area contributed by atoms with Crippen LogP contribution in [0.1, 0.15) is 38.6 Å². The lowest BCUT2D eigenvalue weighted by molar-refractivity contribution is 0.0721. The number of nitrogens with two attached hydrogens (primary N) is 1. The van der Waals surface area contributed by atoms with Crippen LogP contribution in [0.2, 0.25) is 5.02 Å². The summed E-state index contributed by atoms with van der Waals surface area (Å²) in [7, 11) is 0. The molecule has 0 radical (unpaired) electrons. The van der Waals surface area contributed by atoms with Crippen LogP contribution in [-0.2, 0) is 24.1 Å². The van der Waals surface area contributed by atoms with Crippen LogP contribution < -0.4 is 5.73 Å². The molecule has 1 aliphatic rings. The fraction of sp³-hybridized carbons (Fsp3) is 0.786. The van der Waals surface area contributed by atoms with Gasteiger partial charge in [0.25, 0.3) is 0 Å². The molecule has 1 aromatic heterocycles. The molecule has 2 rings (SSSR count). The van der Waals surface area contributed by atoms with Crippen molar-refractivity contribution in [2.45, 2.75) is 58.7 Å². The van der Waals surface area contributed by atoms with Crippen molar-refractivity contribution in [1.82, 2.24) is 9.78 Å². The van der Waals surface area contributed by atoms with E-state index in [9.17, 15) is 0 Å². The average molecular weight is 286 g/mol. The van der Waals surface area contributed by atoms with Crippen molar-refractivity contribution in [2.24, 2.45) is 11.7 Å². The van der Waals surface area contributed by atoms with Crippen LogP contribution in [0.3, 0.4) is 0 Å². The van der Waals surface area contributed by atoms with Crippen LogP contribution >= 0.6 is 11.6 Å². The molecular weight excluding hydrogens is 262 g/mol. The molecule has 19 heavy (non-hydrogen) atoms. The maximum Gasteiger partial charge on any atom is 0.0850 e. The Morgan fingerprint density at radius 2 is 2.26 bits per heavy atom. The van der Waals surface area contributed by atoms with Gasteiger partial charge in [0.2, 0.25) is 0 Å². The van der Waals surface area contributed by atoms with Gasteiger partial charge in [-0.05, 0) is 25.7 Å². The third-order valence-electron chi connectivity index (χ3n) is 3.99. The maximum absolute atomic E-state index is 6.42. The lowest BCUT2D eigenvalue weighted by atomic mass is 9.95. The summed E-state index contributed by atoms with van der Waals surface area (Å²) in [6, 6.07) is -0.0123. The van der Waals surface area contributed by atoms with Gasteiger partial charge in [-0.1, -0.05) is 25.4 Å². The Labute approximate surface area is 120 Å². The van der Waals surface area contributed by atoms with Crippen molar-refractivity contribution in [2.75, 3.05) is 6.61 Å². The molecule has 0 saturated carbocycles. The molecule has 2 N–H and O–H groups in total. The minimum absolute atomic E-state index is 0.0123. The second-order valence-corrected chi connectivity index (χ2v) is 5.72. The van der Waals surface area contributed by atoms with Crippen LogP contribution in [0.5, 0.6) is 0 Å². The fourth-order valence-corrected chi connectivity index (χ4v) is 3.16. The minimum Gasteiger partial charge on any atom is -0.376 e. The molecule has 3 unspecified atom stereocenters. The summed E-state index contributed by atoms with van der Waals surface area (Å²) in [6.45, 7) is 7.99. The summed E-state index contributed by atoms with van der Waals surface area (Å²) in [4.78, 5) is 0. The molecule has 0 amide bonds. The highest BCUT2D eigenvalue weighted by Crippen LogP contribution is 2.27. The van der Waals surface area contributed by atoms with Crippen molar-refractivity contribution in [3.05, 3.63) is 16.4 Å². The van der Waals surface area contributed by atoms with Crippen LogP contribution in [0, 0.1) is 5.92 Å². The van der Waals surface area contributed by atoms with E-state index in [-0.39, 0.29) is 12.1 Å². The number of hydrogen-bond acceptors (Lipinski definition) is 3. The van der Waals surface area contributed by atoms with E-state index in [0.717, 1.165) is 48.8 Å². The third-order valence-corrected chi connectivity index (χ3v) is 4.43. The number of aromatic nitrogens is 2. The SMILES string of the molecule is CCc1nn(CC)c(CC(N)C2OCCC2C)c1Cl. The zero-order chi connectivity index (χ0) is 14.0. The van der Waals surface area contributed by atoms with Gasteiger partial charge >= 0.3 is 0 Å². The maximum atomic E-state index is 6.42. The largest absolute Gasteiger partial charge is 0.376 e. The van der Waals surface area contributed by atoms with Crippen LogP contribution in [0.4, 0.5) is 0 Å². The van der Waals surface area contributed by atoms with Crippen molar-refractivity contribution in [3.63, 3.8) is 0 Å². The van der Waals surface area contributed by atoms with Crippen LogP contribution in [0.25, 0.3) is 0 Å². The van der Waals surface area contributed by atoms with E-state index in [1.54, 1.807) is 0 Å².